The Bertz CT molecular complexity index is 454. The van der Waals surface area contributed by atoms with Crippen LogP contribution in [0, 0.1) is 0 Å². The van der Waals surface area contributed by atoms with Gasteiger partial charge in [0.1, 0.15) is 6.29 Å². The Balaban J connectivity index is 2.25. The SMILES string of the molecule is O=Cc1ccc(CN2CCNCC2)c(C(F)(F)F)c1. The van der Waals surface area contributed by atoms with Crippen molar-refractivity contribution in [3.63, 3.8) is 0 Å². The van der Waals surface area contributed by atoms with E-state index in [0.29, 0.717) is 6.29 Å². The summed E-state index contributed by atoms with van der Waals surface area (Å²) in [5, 5.41) is 3.15. The van der Waals surface area contributed by atoms with Crippen LogP contribution >= 0.6 is 0 Å². The minimum Gasteiger partial charge on any atom is -0.314 e. The average Bonchev–Trinajstić information content (AvgIpc) is 2.39. The molecule has 0 atom stereocenters. The molecular weight excluding hydrogens is 257 g/mol. The summed E-state index contributed by atoms with van der Waals surface area (Å²) in [6, 6.07) is 3.75. The molecule has 1 heterocycles. The van der Waals surface area contributed by atoms with Crippen LogP contribution in [0.25, 0.3) is 0 Å². The van der Waals surface area contributed by atoms with E-state index in [1.165, 1.54) is 12.1 Å². The van der Waals surface area contributed by atoms with Gasteiger partial charge in [-0.15, -0.1) is 0 Å². The van der Waals surface area contributed by atoms with Crippen LogP contribution < -0.4 is 5.32 Å². The zero-order chi connectivity index (χ0) is 13.9. The van der Waals surface area contributed by atoms with E-state index >= 15 is 0 Å². The van der Waals surface area contributed by atoms with E-state index in [0.717, 1.165) is 32.2 Å². The molecule has 0 spiro atoms. The standard InChI is InChI=1S/C13H15F3N2O/c14-13(15,16)12-7-10(9-19)1-2-11(12)8-18-5-3-17-4-6-18/h1-2,7,9,17H,3-6,8H2. The minimum absolute atomic E-state index is 0.0522. The quantitative estimate of drug-likeness (QED) is 0.853. The molecule has 0 saturated carbocycles. The normalized spacial score (nSPS) is 17.4. The zero-order valence-corrected chi connectivity index (χ0v) is 10.3. The number of hydrogen-bond acceptors (Lipinski definition) is 3. The molecular formula is C13H15F3N2O. The molecule has 104 valence electrons. The highest BCUT2D eigenvalue weighted by Gasteiger charge is 2.33. The van der Waals surface area contributed by atoms with Gasteiger partial charge in [-0.2, -0.15) is 13.2 Å². The molecule has 19 heavy (non-hydrogen) atoms. The molecule has 0 unspecified atom stereocenters. The number of rotatable bonds is 3. The first-order chi connectivity index (χ1) is 9.00. The van der Waals surface area contributed by atoms with Gasteiger partial charge in [-0.1, -0.05) is 12.1 Å². The second-order valence-corrected chi connectivity index (χ2v) is 4.56. The fraction of sp³-hybridized carbons (Fsp3) is 0.462. The van der Waals surface area contributed by atoms with Crippen molar-refractivity contribution in [2.24, 2.45) is 0 Å². The summed E-state index contributed by atoms with van der Waals surface area (Å²) >= 11 is 0. The van der Waals surface area contributed by atoms with Gasteiger partial charge in [0.2, 0.25) is 0 Å². The number of carbonyl (C=O) groups excluding carboxylic acids is 1. The average molecular weight is 272 g/mol. The van der Waals surface area contributed by atoms with Gasteiger partial charge < -0.3 is 5.32 Å². The molecule has 1 saturated heterocycles. The Kier molecular flexibility index (Phi) is 4.21. The van der Waals surface area contributed by atoms with Crippen molar-refractivity contribution in [1.29, 1.82) is 0 Å². The van der Waals surface area contributed by atoms with Crippen molar-refractivity contribution in [3.05, 3.63) is 34.9 Å². The number of hydrogen-bond donors (Lipinski definition) is 1. The van der Waals surface area contributed by atoms with Gasteiger partial charge in [-0.3, -0.25) is 9.69 Å². The molecule has 0 bridgehead atoms. The van der Waals surface area contributed by atoms with Crippen LogP contribution in [-0.2, 0) is 12.7 Å². The third-order valence-corrected chi connectivity index (χ3v) is 3.18. The van der Waals surface area contributed by atoms with Gasteiger partial charge in [0.15, 0.2) is 0 Å². The van der Waals surface area contributed by atoms with Gasteiger partial charge in [0.05, 0.1) is 5.56 Å². The predicted molar refractivity (Wildman–Crippen MR) is 65.0 cm³/mol. The Hall–Kier alpha value is -1.40. The van der Waals surface area contributed by atoms with Crippen LogP contribution in [0.15, 0.2) is 18.2 Å². The highest BCUT2D eigenvalue weighted by Crippen LogP contribution is 2.33. The highest BCUT2D eigenvalue weighted by atomic mass is 19.4. The summed E-state index contributed by atoms with van der Waals surface area (Å²) in [6.45, 7) is 3.29. The number of alkyl halides is 3. The van der Waals surface area contributed by atoms with Crippen molar-refractivity contribution >= 4 is 6.29 Å². The number of carbonyl (C=O) groups is 1. The molecule has 0 aromatic heterocycles. The fourth-order valence-electron chi connectivity index (χ4n) is 2.18. The first-order valence-corrected chi connectivity index (χ1v) is 6.09. The number of nitrogens with one attached hydrogen (secondary N) is 1. The topological polar surface area (TPSA) is 32.3 Å². The van der Waals surface area contributed by atoms with Crippen LogP contribution in [0.1, 0.15) is 21.5 Å². The van der Waals surface area contributed by atoms with Crippen molar-refractivity contribution in [2.75, 3.05) is 26.2 Å². The number of benzene rings is 1. The molecule has 1 aromatic rings. The van der Waals surface area contributed by atoms with Gasteiger partial charge in [-0.05, 0) is 11.6 Å². The first-order valence-electron chi connectivity index (χ1n) is 6.09. The van der Waals surface area contributed by atoms with E-state index < -0.39 is 11.7 Å². The van der Waals surface area contributed by atoms with E-state index in [-0.39, 0.29) is 17.7 Å². The lowest BCUT2D eigenvalue weighted by Crippen LogP contribution is -2.43. The summed E-state index contributed by atoms with van der Waals surface area (Å²) < 4.78 is 38.9. The van der Waals surface area contributed by atoms with E-state index in [1.807, 2.05) is 4.90 Å². The van der Waals surface area contributed by atoms with Crippen molar-refractivity contribution in [3.8, 4) is 0 Å². The summed E-state index contributed by atoms with van der Waals surface area (Å²) in [5.74, 6) is 0. The third-order valence-electron chi connectivity index (χ3n) is 3.18. The molecule has 0 radical (unpaired) electrons. The maximum Gasteiger partial charge on any atom is 0.416 e. The van der Waals surface area contributed by atoms with Crippen molar-refractivity contribution < 1.29 is 18.0 Å². The summed E-state index contributed by atoms with van der Waals surface area (Å²) in [7, 11) is 0. The number of nitrogens with zero attached hydrogens (tertiary/aromatic N) is 1. The maximum absolute atomic E-state index is 13.0. The lowest BCUT2D eigenvalue weighted by Gasteiger charge is -2.28. The lowest BCUT2D eigenvalue weighted by molar-refractivity contribution is -0.138. The lowest BCUT2D eigenvalue weighted by atomic mass is 10.0. The Morgan fingerprint density at radius 1 is 1.26 bits per heavy atom. The first kappa shape index (κ1) is 14.0. The predicted octanol–water partition coefficient (Wildman–Crippen LogP) is 1.92. The Labute approximate surface area is 109 Å². The van der Waals surface area contributed by atoms with Crippen molar-refractivity contribution in [2.45, 2.75) is 12.7 Å². The highest BCUT2D eigenvalue weighted by molar-refractivity contribution is 5.75. The van der Waals surface area contributed by atoms with E-state index in [2.05, 4.69) is 5.32 Å². The van der Waals surface area contributed by atoms with E-state index in [9.17, 15) is 18.0 Å². The van der Waals surface area contributed by atoms with Gasteiger partial charge in [0.25, 0.3) is 0 Å². The smallest absolute Gasteiger partial charge is 0.314 e. The van der Waals surface area contributed by atoms with E-state index in [1.54, 1.807) is 0 Å². The Morgan fingerprint density at radius 3 is 2.53 bits per heavy atom. The molecule has 0 amide bonds. The molecule has 1 N–H and O–H groups in total. The van der Waals surface area contributed by atoms with Crippen LogP contribution in [0.3, 0.4) is 0 Å². The molecule has 1 fully saturated rings. The number of aldehydes is 1. The molecule has 1 aliphatic rings. The van der Waals surface area contributed by atoms with Crippen LogP contribution in [0.4, 0.5) is 13.2 Å². The summed E-state index contributed by atoms with van der Waals surface area (Å²) in [6.07, 6.45) is -3.99. The molecule has 6 heteroatoms. The van der Waals surface area contributed by atoms with Gasteiger partial charge >= 0.3 is 6.18 Å². The largest absolute Gasteiger partial charge is 0.416 e. The minimum atomic E-state index is -4.43. The van der Waals surface area contributed by atoms with Crippen molar-refractivity contribution in [1.82, 2.24) is 10.2 Å². The number of piperazine rings is 1. The van der Waals surface area contributed by atoms with Crippen LogP contribution in [0.2, 0.25) is 0 Å². The fourth-order valence-corrected chi connectivity index (χ4v) is 2.18. The third kappa shape index (κ3) is 3.54. The van der Waals surface area contributed by atoms with Crippen LogP contribution in [-0.4, -0.2) is 37.4 Å². The monoisotopic (exact) mass is 272 g/mol. The molecule has 1 aromatic carbocycles. The second kappa shape index (κ2) is 5.71. The molecule has 3 nitrogen and oxygen atoms in total. The maximum atomic E-state index is 13.0. The van der Waals surface area contributed by atoms with E-state index in [4.69, 9.17) is 0 Å². The van der Waals surface area contributed by atoms with Crippen LogP contribution in [0.5, 0.6) is 0 Å². The van der Waals surface area contributed by atoms with Gasteiger partial charge in [0, 0.05) is 38.3 Å². The van der Waals surface area contributed by atoms with Gasteiger partial charge in [-0.25, -0.2) is 0 Å². The summed E-state index contributed by atoms with van der Waals surface area (Å²) in [4.78, 5) is 12.6. The molecule has 0 aliphatic carbocycles. The summed E-state index contributed by atoms with van der Waals surface area (Å²) in [5.41, 5.74) is -0.438. The second-order valence-electron chi connectivity index (χ2n) is 4.56. The molecule has 2 rings (SSSR count). The zero-order valence-electron chi connectivity index (χ0n) is 10.3. The molecule has 1 aliphatic heterocycles. The Morgan fingerprint density at radius 2 is 1.95 bits per heavy atom. The number of halogens is 3.